The zero-order valence-electron chi connectivity index (χ0n) is 8.61. The molecule has 0 aromatic heterocycles. The molecule has 1 saturated heterocycles. The van der Waals surface area contributed by atoms with Crippen LogP contribution in [0.4, 0.5) is 0 Å². The molecule has 0 bridgehead atoms. The quantitative estimate of drug-likeness (QED) is 0.685. The Hall–Kier alpha value is -0.570. The minimum atomic E-state index is -0.616. The van der Waals surface area contributed by atoms with Crippen LogP contribution in [0.25, 0.3) is 0 Å². The smallest absolute Gasteiger partial charge is 0.309 e. The van der Waals surface area contributed by atoms with Crippen molar-refractivity contribution in [3.8, 4) is 0 Å². The molecule has 0 amide bonds. The van der Waals surface area contributed by atoms with E-state index in [1.165, 1.54) is 38.5 Å². The Morgan fingerprint density at radius 1 is 1.07 bits per heavy atom. The van der Waals surface area contributed by atoms with E-state index in [4.69, 9.17) is 5.11 Å². The summed E-state index contributed by atoms with van der Waals surface area (Å²) in [7, 11) is 0. The summed E-state index contributed by atoms with van der Waals surface area (Å²) < 4.78 is 0. The predicted octanol–water partition coefficient (Wildman–Crippen LogP) is 1.73. The van der Waals surface area contributed by atoms with Gasteiger partial charge in [0.1, 0.15) is 0 Å². The first-order valence-corrected chi connectivity index (χ1v) is 5.74. The molecule has 1 aliphatic carbocycles. The molecule has 0 atom stereocenters. The molecule has 1 N–H and O–H groups in total. The highest BCUT2D eigenvalue weighted by Gasteiger charge is 2.36. The van der Waals surface area contributed by atoms with Crippen molar-refractivity contribution in [1.29, 1.82) is 0 Å². The summed E-state index contributed by atoms with van der Waals surface area (Å²) in [6.07, 6.45) is 7.97. The van der Waals surface area contributed by atoms with Crippen LogP contribution in [0.5, 0.6) is 0 Å². The van der Waals surface area contributed by atoms with E-state index >= 15 is 0 Å². The first kappa shape index (κ1) is 9.97. The van der Waals surface area contributed by atoms with Crippen LogP contribution in [0.2, 0.25) is 0 Å². The van der Waals surface area contributed by atoms with Gasteiger partial charge in [0.05, 0.1) is 5.92 Å². The third-order valence-corrected chi connectivity index (χ3v) is 3.60. The van der Waals surface area contributed by atoms with Crippen LogP contribution in [0, 0.1) is 5.92 Å². The van der Waals surface area contributed by atoms with Gasteiger partial charge in [-0.3, -0.25) is 9.69 Å². The van der Waals surface area contributed by atoms with Gasteiger partial charge in [-0.15, -0.1) is 0 Å². The molecule has 0 spiro atoms. The van der Waals surface area contributed by atoms with E-state index < -0.39 is 5.97 Å². The average molecular weight is 197 g/mol. The maximum atomic E-state index is 10.7. The standard InChI is InChI=1S/C11H19NO2/c13-11(14)9-7-12(8-9)10-5-3-1-2-4-6-10/h9-10H,1-8H2,(H,13,14). The molecule has 14 heavy (non-hydrogen) atoms. The lowest BCUT2D eigenvalue weighted by Gasteiger charge is -2.42. The molecular formula is C11H19NO2. The summed E-state index contributed by atoms with van der Waals surface area (Å²) in [4.78, 5) is 13.0. The monoisotopic (exact) mass is 197 g/mol. The molecular weight excluding hydrogens is 178 g/mol. The van der Waals surface area contributed by atoms with Gasteiger partial charge in [0.25, 0.3) is 0 Å². The summed E-state index contributed by atoms with van der Waals surface area (Å²) in [6, 6.07) is 0.688. The molecule has 3 heteroatoms. The number of likely N-dealkylation sites (tertiary alicyclic amines) is 1. The number of carboxylic acid groups (broad SMARTS) is 1. The zero-order chi connectivity index (χ0) is 9.97. The molecule has 0 unspecified atom stereocenters. The third-order valence-electron chi connectivity index (χ3n) is 3.60. The van der Waals surface area contributed by atoms with Crippen molar-refractivity contribution in [3.05, 3.63) is 0 Å². The van der Waals surface area contributed by atoms with E-state index in [0.29, 0.717) is 6.04 Å². The first-order valence-electron chi connectivity index (χ1n) is 5.74. The lowest BCUT2D eigenvalue weighted by atomic mass is 9.95. The third kappa shape index (κ3) is 2.08. The fourth-order valence-corrected chi connectivity index (χ4v) is 2.59. The molecule has 2 rings (SSSR count). The summed E-state index contributed by atoms with van der Waals surface area (Å²) in [6.45, 7) is 1.58. The van der Waals surface area contributed by atoms with E-state index in [2.05, 4.69) is 4.90 Å². The number of carbonyl (C=O) groups is 1. The molecule has 1 heterocycles. The summed E-state index contributed by atoms with van der Waals surface area (Å²) in [5, 5.41) is 8.78. The van der Waals surface area contributed by atoms with Crippen LogP contribution in [-0.4, -0.2) is 35.1 Å². The van der Waals surface area contributed by atoms with Gasteiger partial charge >= 0.3 is 5.97 Å². The number of carboxylic acids is 1. The van der Waals surface area contributed by atoms with Crippen molar-refractivity contribution in [2.24, 2.45) is 5.92 Å². The minimum absolute atomic E-state index is 0.0850. The number of nitrogens with zero attached hydrogens (tertiary/aromatic N) is 1. The van der Waals surface area contributed by atoms with E-state index in [0.717, 1.165) is 13.1 Å². The number of hydrogen-bond donors (Lipinski definition) is 1. The second kappa shape index (κ2) is 4.30. The van der Waals surface area contributed by atoms with Gasteiger partial charge in [0, 0.05) is 19.1 Å². The van der Waals surface area contributed by atoms with E-state index in [9.17, 15) is 4.79 Å². The predicted molar refractivity (Wildman–Crippen MR) is 54.2 cm³/mol. The van der Waals surface area contributed by atoms with Crippen molar-refractivity contribution >= 4 is 5.97 Å². The molecule has 2 fully saturated rings. The van der Waals surface area contributed by atoms with Crippen molar-refractivity contribution < 1.29 is 9.90 Å². The molecule has 0 radical (unpaired) electrons. The highest BCUT2D eigenvalue weighted by atomic mass is 16.4. The Bertz CT molecular complexity index is 203. The fraction of sp³-hybridized carbons (Fsp3) is 0.909. The maximum Gasteiger partial charge on any atom is 0.309 e. The van der Waals surface area contributed by atoms with Gasteiger partial charge < -0.3 is 5.11 Å². The second-order valence-electron chi connectivity index (χ2n) is 4.63. The summed E-state index contributed by atoms with van der Waals surface area (Å²) in [5.41, 5.74) is 0. The molecule has 0 aromatic rings. The number of aliphatic carboxylic acids is 1. The summed E-state index contributed by atoms with van der Waals surface area (Å²) in [5.74, 6) is -0.701. The lowest BCUT2D eigenvalue weighted by molar-refractivity contribution is -0.148. The van der Waals surface area contributed by atoms with Gasteiger partial charge in [-0.1, -0.05) is 25.7 Å². The number of rotatable bonds is 2. The highest BCUT2D eigenvalue weighted by Crippen LogP contribution is 2.27. The van der Waals surface area contributed by atoms with Crippen molar-refractivity contribution in [2.45, 2.75) is 44.6 Å². The van der Waals surface area contributed by atoms with Gasteiger partial charge in [-0.05, 0) is 12.8 Å². The minimum Gasteiger partial charge on any atom is -0.481 e. The Morgan fingerprint density at radius 2 is 1.64 bits per heavy atom. The van der Waals surface area contributed by atoms with Gasteiger partial charge in [0.2, 0.25) is 0 Å². The molecule has 1 saturated carbocycles. The summed E-state index contributed by atoms with van der Waals surface area (Å²) >= 11 is 0. The van der Waals surface area contributed by atoms with E-state index in [1.807, 2.05) is 0 Å². The Kier molecular flexibility index (Phi) is 3.06. The van der Waals surface area contributed by atoms with Crippen LogP contribution in [0.3, 0.4) is 0 Å². The molecule has 80 valence electrons. The molecule has 2 aliphatic rings. The Labute approximate surface area is 85.1 Å². The van der Waals surface area contributed by atoms with Gasteiger partial charge in [-0.2, -0.15) is 0 Å². The second-order valence-corrected chi connectivity index (χ2v) is 4.63. The van der Waals surface area contributed by atoms with Crippen molar-refractivity contribution in [1.82, 2.24) is 4.90 Å². The Morgan fingerprint density at radius 3 is 2.14 bits per heavy atom. The first-order chi connectivity index (χ1) is 6.77. The van der Waals surface area contributed by atoms with Crippen molar-refractivity contribution in [2.75, 3.05) is 13.1 Å². The molecule has 3 nitrogen and oxygen atoms in total. The van der Waals surface area contributed by atoms with Crippen LogP contribution in [-0.2, 0) is 4.79 Å². The van der Waals surface area contributed by atoms with Crippen LogP contribution < -0.4 is 0 Å². The van der Waals surface area contributed by atoms with Crippen LogP contribution >= 0.6 is 0 Å². The maximum absolute atomic E-state index is 10.7. The fourth-order valence-electron chi connectivity index (χ4n) is 2.59. The lowest BCUT2D eigenvalue weighted by Crippen LogP contribution is -2.54. The largest absolute Gasteiger partial charge is 0.481 e. The van der Waals surface area contributed by atoms with Crippen molar-refractivity contribution in [3.63, 3.8) is 0 Å². The number of hydrogen-bond acceptors (Lipinski definition) is 2. The van der Waals surface area contributed by atoms with Gasteiger partial charge in [0.15, 0.2) is 0 Å². The Balaban J connectivity index is 1.77. The van der Waals surface area contributed by atoms with Crippen LogP contribution in [0.15, 0.2) is 0 Å². The molecule has 0 aromatic carbocycles. The highest BCUT2D eigenvalue weighted by molar-refractivity contribution is 5.71. The van der Waals surface area contributed by atoms with Gasteiger partial charge in [-0.25, -0.2) is 0 Å². The van der Waals surface area contributed by atoms with Crippen LogP contribution in [0.1, 0.15) is 38.5 Å². The normalized spacial score (nSPS) is 26.9. The topological polar surface area (TPSA) is 40.5 Å². The molecule has 1 aliphatic heterocycles. The zero-order valence-corrected chi connectivity index (χ0v) is 8.61. The SMILES string of the molecule is O=C(O)C1CN(C2CCCCCC2)C1. The van der Waals surface area contributed by atoms with E-state index in [1.54, 1.807) is 0 Å². The van der Waals surface area contributed by atoms with E-state index in [-0.39, 0.29) is 5.92 Å². The average Bonchev–Trinajstić information content (AvgIpc) is 2.29.